The molecule has 5 nitrogen and oxygen atoms in total. The Balaban J connectivity index is 2.32. The van der Waals surface area contributed by atoms with Crippen molar-refractivity contribution < 1.29 is 22.7 Å². The van der Waals surface area contributed by atoms with Crippen LogP contribution in [0.5, 0.6) is 5.75 Å². The molecule has 0 spiro atoms. The van der Waals surface area contributed by atoms with Gasteiger partial charge in [0.1, 0.15) is 4.90 Å². The van der Waals surface area contributed by atoms with Crippen molar-refractivity contribution in [2.24, 2.45) is 0 Å². The van der Waals surface area contributed by atoms with Crippen molar-refractivity contribution in [2.75, 3.05) is 11.8 Å². The summed E-state index contributed by atoms with van der Waals surface area (Å²) in [4.78, 5) is 1.18. The van der Waals surface area contributed by atoms with Gasteiger partial charge in [0.05, 0.1) is 19.4 Å². The van der Waals surface area contributed by atoms with E-state index in [0.29, 0.717) is 9.75 Å². The Labute approximate surface area is 126 Å². The van der Waals surface area contributed by atoms with Crippen LogP contribution in [0.3, 0.4) is 0 Å². The molecule has 8 heteroatoms. The van der Waals surface area contributed by atoms with Crippen LogP contribution in [0.25, 0.3) is 0 Å². The number of aliphatic hydroxyl groups is 1. The molecular formula is C13H14FNO4S2. The van der Waals surface area contributed by atoms with E-state index >= 15 is 0 Å². The van der Waals surface area contributed by atoms with Crippen molar-refractivity contribution in [1.29, 1.82) is 0 Å². The van der Waals surface area contributed by atoms with Gasteiger partial charge in [0.25, 0.3) is 10.0 Å². The largest absolute Gasteiger partial charge is 0.494 e. The molecule has 1 heterocycles. The Morgan fingerprint density at radius 3 is 2.62 bits per heavy atom. The second-order valence-corrected chi connectivity index (χ2v) is 7.24. The normalized spacial score (nSPS) is 11.4. The summed E-state index contributed by atoms with van der Waals surface area (Å²) in [5.74, 6) is -0.622. The number of aryl methyl sites for hydroxylation is 1. The van der Waals surface area contributed by atoms with Crippen molar-refractivity contribution >= 4 is 27.0 Å². The fraction of sp³-hybridized carbons (Fsp3) is 0.231. The summed E-state index contributed by atoms with van der Waals surface area (Å²) in [6.07, 6.45) is 0. The second-order valence-electron chi connectivity index (χ2n) is 4.25. The number of sulfonamides is 1. The maximum Gasteiger partial charge on any atom is 0.263 e. The van der Waals surface area contributed by atoms with Crippen LogP contribution in [0.15, 0.2) is 29.2 Å². The van der Waals surface area contributed by atoms with Gasteiger partial charge in [-0.2, -0.15) is 0 Å². The minimum absolute atomic E-state index is 0.0345. The zero-order valence-electron chi connectivity index (χ0n) is 11.4. The van der Waals surface area contributed by atoms with Gasteiger partial charge < -0.3 is 9.84 Å². The number of anilines is 1. The summed E-state index contributed by atoms with van der Waals surface area (Å²) in [5.41, 5.74) is 0.101. The minimum atomic E-state index is -3.83. The Kier molecular flexibility index (Phi) is 4.50. The average molecular weight is 331 g/mol. The maximum absolute atomic E-state index is 13.6. The number of methoxy groups -OCH3 is 1. The van der Waals surface area contributed by atoms with E-state index in [0.717, 1.165) is 6.07 Å². The van der Waals surface area contributed by atoms with Crippen molar-refractivity contribution in [2.45, 2.75) is 18.4 Å². The van der Waals surface area contributed by atoms with Crippen LogP contribution < -0.4 is 9.46 Å². The van der Waals surface area contributed by atoms with Crippen LogP contribution in [0.2, 0.25) is 0 Å². The topological polar surface area (TPSA) is 75.6 Å². The highest BCUT2D eigenvalue weighted by atomic mass is 32.2. The third-order valence-electron chi connectivity index (χ3n) is 2.77. The fourth-order valence-electron chi connectivity index (χ4n) is 1.81. The number of hydrogen-bond donors (Lipinski definition) is 2. The first kappa shape index (κ1) is 15.7. The molecule has 0 aliphatic heterocycles. The lowest BCUT2D eigenvalue weighted by Crippen LogP contribution is -2.13. The molecule has 0 saturated heterocycles. The minimum Gasteiger partial charge on any atom is -0.494 e. The number of hydrogen-bond acceptors (Lipinski definition) is 5. The lowest BCUT2D eigenvalue weighted by molar-refractivity contribution is 0.285. The van der Waals surface area contributed by atoms with Crippen molar-refractivity contribution in [3.8, 4) is 5.75 Å². The lowest BCUT2D eigenvalue weighted by atomic mass is 10.3. The third-order valence-corrected chi connectivity index (χ3v) is 5.44. The van der Waals surface area contributed by atoms with Crippen LogP contribution in [0.1, 0.15) is 9.75 Å². The van der Waals surface area contributed by atoms with Crippen LogP contribution in [-0.4, -0.2) is 20.6 Å². The molecule has 1 aromatic carbocycles. The highest BCUT2D eigenvalue weighted by Gasteiger charge is 2.20. The van der Waals surface area contributed by atoms with E-state index < -0.39 is 15.8 Å². The predicted molar refractivity (Wildman–Crippen MR) is 78.7 cm³/mol. The molecule has 0 bridgehead atoms. The molecule has 114 valence electrons. The molecule has 2 N–H and O–H groups in total. The van der Waals surface area contributed by atoms with Crippen LogP contribution in [-0.2, 0) is 16.6 Å². The van der Waals surface area contributed by atoms with E-state index in [4.69, 9.17) is 9.84 Å². The molecule has 21 heavy (non-hydrogen) atoms. The average Bonchev–Trinajstić information content (AvgIpc) is 2.81. The first-order chi connectivity index (χ1) is 9.87. The van der Waals surface area contributed by atoms with Crippen molar-refractivity contribution in [1.82, 2.24) is 0 Å². The molecule has 0 amide bonds. The van der Waals surface area contributed by atoms with Crippen molar-refractivity contribution in [3.63, 3.8) is 0 Å². The number of ether oxygens (including phenoxy) is 1. The number of nitrogens with one attached hydrogen (secondary N) is 1. The van der Waals surface area contributed by atoms with E-state index in [9.17, 15) is 12.8 Å². The van der Waals surface area contributed by atoms with Gasteiger partial charge >= 0.3 is 0 Å². The maximum atomic E-state index is 13.6. The summed E-state index contributed by atoms with van der Waals surface area (Å²) >= 11 is 1.20. The summed E-state index contributed by atoms with van der Waals surface area (Å²) in [7, 11) is -2.50. The van der Waals surface area contributed by atoms with Crippen LogP contribution >= 0.6 is 11.3 Å². The number of halogens is 1. The van der Waals surface area contributed by atoms with Gasteiger partial charge in [0, 0.05) is 15.8 Å². The number of benzene rings is 1. The van der Waals surface area contributed by atoms with E-state index in [1.165, 1.54) is 36.6 Å². The molecule has 0 fully saturated rings. The van der Waals surface area contributed by atoms with Gasteiger partial charge in [-0.25, -0.2) is 12.8 Å². The van der Waals surface area contributed by atoms with Crippen LogP contribution in [0, 0.1) is 12.7 Å². The van der Waals surface area contributed by atoms with Crippen molar-refractivity contribution in [3.05, 3.63) is 39.8 Å². The lowest BCUT2D eigenvalue weighted by Gasteiger charge is -2.09. The molecule has 0 saturated carbocycles. The van der Waals surface area contributed by atoms with Gasteiger partial charge in [-0.05, 0) is 25.1 Å². The molecule has 0 atom stereocenters. The Bertz CT molecular complexity index is 756. The highest BCUT2D eigenvalue weighted by Crippen LogP contribution is 2.28. The Morgan fingerprint density at radius 1 is 1.38 bits per heavy atom. The molecule has 2 rings (SSSR count). The smallest absolute Gasteiger partial charge is 0.263 e. The summed E-state index contributed by atoms with van der Waals surface area (Å²) in [6, 6.07) is 5.20. The SMILES string of the molecule is COc1ccc(NS(=O)(=O)c2cc(CO)sc2C)cc1F. The summed E-state index contributed by atoms with van der Waals surface area (Å²) in [6.45, 7) is 1.42. The van der Waals surface area contributed by atoms with Gasteiger partial charge in [-0.3, -0.25) is 4.72 Å². The highest BCUT2D eigenvalue weighted by molar-refractivity contribution is 7.93. The zero-order valence-corrected chi connectivity index (χ0v) is 13.0. The first-order valence-electron chi connectivity index (χ1n) is 5.94. The molecule has 0 radical (unpaired) electrons. The van der Waals surface area contributed by atoms with Gasteiger partial charge in [-0.1, -0.05) is 0 Å². The van der Waals surface area contributed by atoms with E-state index in [1.54, 1.807) is 6.92 Å². The van der Waals surface area contributed by atoms with Gasteiger partial charge in [0.2, 0.25) is 0 Å². The van der Waals surface area contributed by atoms with E-state index in [2.05, 4.69) is 4.72 Å². The molecule has 0 aliphatic carbocycles. The number of aliphatic hydroxyl groups excluding tert-OH is 1. The Morgan fingerprint density at radius 2 is 2.10 bits per heavy atom. The molecular weight excluding hydrogens is 317 g/mol. The zero-order chi connectivity index (χ0) is 15.6. The van der Waals surface area contributed by atoms with E-state index in [-0.39, 0.29) is 22.9 Å². The summed E-state index contributed by atoms with van der Waals surface area (Å²) < 4.78 is 45.2. The predicted octanol–water partition coefficient (Wildman–Crippen LogP) is 2.50. The first-order valence-corrected chi connectivity index (χ1v) is 8.24. The molecule has 0 aliphatic rings. The standard InChI is InChI=1S/C13H14FNO4S2/c1-8-13(6-10(7-16)20-8)21(17,18)15-9-3-4-12(19-2)11(14)5-9/h3-6,15-16H,7H2,1-2H3. The monoisotopic (exact) mass is 331 g/mol. The molecule has 0 unspecified atom stereocenters. The fourth-order valence-corrected chi connectivity index (χ4v) is 4.35. The number of thiophene rings is 1. The molecule has 2 aromatic rings. The Hall–Kier alpha value is -1.64. The third kappa shape index (κ3) is 3.34. The van der Waals surface area contributed by atoms with Gasteiger partial charge in [-0.15, -0.1) is 11.3 Å². The van der Waals surface area contributed by atoms with Gasteiger partial charge in [0.15, 0.2) is 11.6 Å². The van der Waals surface area contributed by atoms with E-state index in [1.807, 2.05) is 0 Å². The summed E-state index contributed by atoms with van der Waals surface area (Å²) in [5, 5.41) is 9.06. The molecule has 1 aromatic heterocycles. The quantitative estimate of drug-likeness (QED) is 0.883. The number of rotatable bonds is 5. The second kappa shape index (κ2) is 6.00. The van der Waals surface area contributed by atoms with Crippen LogP contribution in [0.4, 0.5) is 10.1 Å².